The first-order chi connectivity index (χ1) is 14.0. The van der Waals surface area contributed by atoms with E-state index in [0.717, 1.165) is 5.56 Å². The Morgan fingerprint density at radius 3 is 2.62 bits per heavy atom. The average molecular weight is 408 g/mol. The lowest BCUT2D eigenvalue weighted by Crippen LogP contribution is -2.24. The topological polar surface area (TPSA) is 106 Å². The summed E-state index contributed by atoms with van der Waals surface area (Å²) in [5.41, 5.74) is 3.25. The minimum atomic E-state index is -0.583. The Balaban J connectivity index is 1.46. The van der Waals surface area contributed by atoms with Gasteiger partial charge >= 0.3 is 5.76 Å². The average Bonchev–Trinajstić information content (AvgIpc) is 3.27. The van der Waals surface area contributed by atoms with Gasteiger partial charge in [0.25, 0.3) is 0 Å². The molecule has 0 atom stereocenters. The van der Waals surface area contributed by atoms with Crippen LogP contribution in [-0.4, -0.2) is 21.4 Å². The van der Waals surface area contributed by atoms with Gasteiger partial charge in [-0.05, 0) is 24.3 Å². The van der Waals surface area contributed by atoms with Crippen LogP contribution in [0.1, 0.15) is 6.92 Å². The van der Waals surface area contributed by atoms with Crippen molar-refractivity contribution in [1.82, 2.24) is 9.55 Å². The molecule has 0 aliphatic rings. The van der Waals surface area contributed by atoms with E-state index in [9.17, 15) is 14.4 Å². The third-order valence-corrected chi connectivity index (χ3v) is 4.88. The molecule has 2 aromatic heterocycles. The minimum Gasteiger partial charge on any atom is -0.408 e. The summed E-state index contributed by atoms with van der Waals surface area (Å²) in [5.74, 6) is -1.10. The molecule has 0 aliphatic heterocycles. The Morgan fingerprint density at radius 2 is 1.86 bits per heavy atom. The van der Waals surface area contributed by atoms with Crippen molar-refractivity contribution in [2.75, 3.05) is 10.6 Å². The fourth-order valence-electron chi connectivity index (χ4n) is 2.86. The smallest absolute Gasteiger partial charge is 0.408 e. The van der Waals surface area contributed by atoms with Gasteiger partial charge in [-0.3, -0.25) is 14.2 Å². The van der Waals surface area contributed by atoms with Crippen molar-refractivity contribution in [2.24, 2.45) is 0 Å². The van der Waals surface area contributed by atoms with Crippen LogP contribution in [0.2, 0.25) is 0 Å². The number of carbonyl (C=O) groups excluding carboxylic acids is 2. The summed E-state index contributed by atoms with van der Waals surface area (Å²) in [6, 6.07) is 14.2. The number of para-hydroxylation sites is 2. The maximum absolute atomic E-state index is 12.4. The monoisotopic (exact) mass is 408 g/mol. The number of nitrogens with one attached hydrogen (secondary N) is 2. The van der Waals surface area contributed by atoms with E-state index in [1.165, 1.54) is 22.8 Å². The van der Waals surface area contributed by atoms with Crippen LogP contribution in [-0.2, 0) is 16.1 Å². The van der Waals surface area contributed by atoms with Crippen LogP contribution in [0.15, 0.2) is 63.1 Å². The van der Waals surface area contributed by atoms with Crippen molar-refractivity contribution in [3.05, 3.63) is 64.5 Å². The SMILES string of the molecule is CC(=O)Nc1ccc(-c2csc(NC(=O)Cn3c(=O)oc4ccccc43)n2)cc1. The second kappa shape index (κ2) is 7.72. The maximum atomic E-state index is 12.4. The summed E-state index contributed by atoms with van der Waals surface area (Å²) in [4.78, 5) is 39.9. The molecule has 0 radical (unpaired) electrons. The van der Waals surface area contributed by atoms with Crippen LogP contribution < -0.4 is 16.4 Å². The van der Waals surface area contributed by atoms with E-state index >= 15 is 0 Å². The molecule has 0 saturated heterocycles. The molecule has 2 aromatic carbocycles. The highest BCUT2D eigenvalue weighted by molar-refractivity contribution is 7.14. The molecule has 0 fully saturated rings. The van der Waals surface area contributed by atoms with E-state index in [0.29, 0.717) is 27.6 Å². The van der Waals surface area contributed by atoms with E-state index in [-0.39, 0.29) is 18.4 Å². The van der Waals surface area contributed by atoms with Crippen LogP contribution in [0.3, 0.4) is 0 Å². The molecule has 0 unspecified atom stereocenters. The molecule has 0 aliphatic carbocycles. The van der Waals surface area contributed by atoms with Crippen LogP contribution >= 0.6 is 11.3 Å². The molecule has 0 spiro atoms. The summed E-state index contributed by atoms with van der Waals surface area (Å²) >= 11 is 1.28. The zero-order valence-electron chi connectivity index (χ0n) is 15.3. The van der Waals surface area contributed by atoms with E-state index < -0.39 is 5.76 Å². The number of amides is 2. The quantitative estimate of drug-likeness (QED) is 0.527. The van der Waals surface area contributed by atoms with E-state index in [1.54, 1.807) is 36.4 Å². The number of aromatic nitrogens is 2. The Morgan fingerprint density at radius 1 is 1.10 bits per heavy atom. The number of thiazole rings is 1. The molecule has 0 bridgehead atoms. The van der Waals surface area contributed by atoms with Crippen LogP contribution in [0, 0.1) is 0 Å². The predicted molar refractivity (Wildman–Crippen MR) is 111 cm³/mol. The molecule has 4 rings (SSSR count). The molecule has 29 heavy (non-hydrogen) atoms. The summed E-state index contributed by atoms with van der Waals surface area (Å²) in [5, 5.41) is 7.66. The van der Waals surface area contributed by atoms with Crippen LogP contribution in [0.5, 0.6) is 0 Å². The van der Waals surface area contributed by atoms with Gasteiger partial charge < -0.3 is 15.1 Å². The zero-order chi connectivity index (χ0) is 20.4. The third kappa shape index (κ3) is 4.09. The lowest BCUT2D eigenvalue weighted by molar-refractivity contribution is -0.117. The van der Waals surface area contributed by atoms with E-state index in [4.69, 9.17) is 4.42 Å². The summed E-state index contributed by atoms with van der Waals surface area (Å²) in [6.45, 7) is 1.28. The number of carbonyl (C=O) groups is 2. The number of nitrogens with zero attached hydrogens (tertiary/aromatic N) is 2. The number of rotatable bonds is 5. The fraction of sp³-hybridized carbons (Fsp3) is 0.100. The van der Waals surface area contributed by atoms with Crippen molar-refractivity contribution in [3.8, 4) is 11.3 Å². The third-order valence-electron chi connectivity index (χ3n) is 4.13. The maximum Gasteiger partial charge on any atom is 0.420 e. The van der Waals surface area contributed by atoms with Gasteiger partial charge in [0.05, 0.1) is 11.2 Å². The summed E-state index contributed by atoms with van der Waals surface area (Å²) in [6.07, 6.45) is 0. The van der Waals surface area contributed by atoms with Crippen molar-refractivity contribution in [3.63, 3.8) is 0 Å². The van der Waals surface area contributed by atoms with Crippen LogP contribution in [0.25, 0.3) is 22.4 Å². The van der Waals surface area contributed by atoms with Gasteiger partial charge in [-0.25, -0.2) is 9.78 Å². The highest BCUT2D eigenvalue weighted by atomic mass is 32.1. The lowest BCUT2D eigenvalue weighted by Gasteiger charge is -2.03. The molecule has 9 heteroatoms. The first-order valence-corrected chi connectivity index (χ1v) is 9.59. The van der Waals surface area contributed by atoms with Gasteiger partial charge in [0.1, 0.15) is 6.54 Å². The Bertz CT molecular complexity index is 1250. The van der Waals surface area contributed by atoms with Crippen molar-refractivity contribution in [2.45, 2.75) is 13.5 Å². The number of anilines is 2. The molecule has 2 amide bonds. The van der Waals surface area contributed by atoms with Crippen molar-refractivity contribution in [1.29, 1.82) is 0 Å². The predicted octanol–water partition coefficient (Wildman–Crippen LogP) is 3.32. The van der Waals surface area contributed by atoms with Gasteiger partial charge in [-0.15, -0.1) is 11.3 Å². The second-order valence-electron chi connectivity index (χ2n) is 6.27. The molecule has 8 nitrogen and oxygen atoms in total. The molecule has 2 heterocycles. The largest absolute Gasteiger partial charge is 0.420 e. The Labute approximate surface area is 168 Å². The molecular formula is C20H16N4O4S. The van der Waals surface area contributed by atoms with Gasteiger partial charge in [-0.1, -0.05) is 24.3 Å². The molecule has 146 valence electrons. The number of oxazole rings is 1. The van der Waals surface area contributed by atoms with Gasteiger partial charge in [0.15, 0.2) is 10.7 Å². The number of hydrogen-bond donors (Lipinski definition) is 2. The minimum absolute atomic E-state index is 0.138. The van der Waals surface area contributed by atoms with E-state index in [2.05, 4.69) is 15.6 Å². The van der Waals surface area contributed by atoms with Crippen molar-refractivity contribution < 1.29 is 14.0 Å². The standard InChI is InChI=1S/C20H16N4O4S/c1-12(25)21-14-8-6-13(7-9-14)15-11-29-19(22-15)23-18(26)10-24-16-4-2-3-5-17(16)28-20(24)27/h2-9,11H,10H2,1H3,(H,21,25)(H,22,23,26). The molecule has 4 aromatic rings. The Kier molecular flexibility index (Phi) is 4.96. The van der Waals surface area contributed by atoms with Gasteiger partial charge in [0, 0.05) is 23.6 Å². The number of hydrogen-bond acceptors (Lipinski definition) is 6. The van der Waals surface area contributed by atoms with Gasteiger partial charge in [-0.2, -0.15) is 0 Å². The first-order valence-electron chi connectivity index (χ1n) is 8.71. The lowest BCUT2D eigenvalue weighted by atomic mass is 10.1. The van der Waals surface area contributed by atoms with E-state index in [1.807, 2.05) is 17.5 Å². The normalized spacial score (nSPS) is 10.8. The highest BCUT2D eigenvalue weighted by Gasteiger charge is 2.14. The molecular weight excluding hydrogens is 392 g/mol. The fourth-order valence-corrected chi connectivity index (χ4v) is 3.59. The summed E-state index contributed by atoms with van der Waals surface area (Å²) < 4.78 is 6.41. The van der Waals surface area contributed by atoms with Crippen molar-refractivity contribution >= 4 is 45.1 Å². The summed E-state index contributed by atoms with van der Waals surface area (Å²) in [7, 11) is 0. The molecule has 0 saturated carbocycles. The zero-order valence-corrected chi connectivity index (χ0v) is 16.2. The van der Waals surface area contributed by atoms with Gasteiger partial charge in [0.2, 0.25) is 11.8 Å². The number of benzene rings is 2. The number of fused-ring (bicyclic) bond motifs is 1. The first kappa shape index (κ1) is 18.6. The molecule has 2 N–H and O–H groups in total. The second-order valence-corrected chi connectivity index (χ2v) is 7.12. The van der Waals surface area contributed by atoms with Crippen LogP contribution in [0.4, 0.5) is 10.8 Å². The highest BCUT2D eigenvalue weighted by Crippen LogP contribution is 2.26. The Hall–Kier alpha value is -3.72.